The Bertz CT molecular complexity index is 459. The highest BCUT2D eigenvalue weighted by Crippen LogP contribution is 2.12. The second-order valence-electron chi connectivity index (χ2n) is 4.65. The van der Waals surface area contributed by atoms with E-state index in [2.05, 4.69) is 10.6 Å². The zero-order valence-electron chi connectivity index (χ0n) is 11.6. The second-order valence-corrected chi connectivity index (χ2v) is 4.65. The molecule has 1 rings (SSSR count). The molecule has 0 spiro atoms. The first-order chi connectivity index (χ1) is 9.43. The zero-order valence-corrected chi connectivity index (χ0v) is 11.6. The lowest BCUT2D eigenvalue weighted by molar-refractivity contribution is -0.139. The van der Waals surface area contributed by atoms with Gasteiger partial charge < -0.3 is 20.8 Å². The summed E-state index contributed by atoms with van der Waals surface area (Å²) in [5.41, 5.74) is 2.05. The standard InChI is InChI=1S/C14H20N2O4/c1-9-3-5-11(6-4-9)10(2)15-14(20)16-12(7-8-17)13(18)19/h3-6,10,12,17H,7-8H2,1-2H3,(H,18,19)(H2,15,16,20). The van der Waals surface area contributed by atoms with E-state index in [1.54, 1.807) is 0 Å². The molecule has 2 amide bonds. The van der Waals surface area contributed by atoms with Crippen molar-refractivity contribution in [3.05, 3.63) is 35.4 Å². The third-order valence-corrected chi connectivity index (χ3v) is 2.95. The van der Waals surface area contributed by atoms with Crippen LogP contribution in [0.4, 0.5) is 4.79 Å². The number of hydrogen-bond donors (Lipinski definition) is 4. The summed E-state index contributed by atoms with van der Waals surface area (Å²) in [5.74, 6) is -1.17. The van der Waals surface area contributed by atoms with E-state index in [1.165, 1.54) is 0 Å². The molecule has 6 heteroatoms. The van der Waals surface area contributed by atoms with E-state index in [9.17, 15) is 9.59 Å². The van der Waals surface area contributed by atoms with Gasteiger partial charge in [0.15, 0.2) is 0 Å². The Labute approximate surface area is 117 Å². The smallest absolute Gasteiger partial charge is 0.326 e. The number of aliphatic hydroxyl groups is 1. The third-order valence-electron chi connectivity index (χ3n) is 2.95. The number of nitrogens with one attached hydrogen (secondary N) is 2. The topological polar surface area (TPSA) is 98.7 Å². The number of urea groups is 1. The maximum Gasteiger partial charge on any atom is 0.326 e. The van der Waals surface area contributed by atoms with Gasteiger partial charge >= 0.3 is 12.0 Å². The van der Waals surface area contributed by atoms with E-state index in [-0.39, 0.29) is 19.1 Å². The number of benzene rings is 1. The maximum atomic E-state index is 11.7. The average molecular weight is 280 g/mol. The lowest BCUT2D eigenvalue weighted by Gasteiger charge is -2.18. The average Bonchev–Trinajstić information content (AvgIpc) is 2.38. The minimum absolute atomic E-state index is 0.0261. The Kier molecular flexibility index (Phi) is 5.99. The number of hydrogen-bond acceptors (Lipinski definition) is 3. The van der Waals surface area contributed by atoms with Crippen molar-refractivity contribution in [1.29, 1.82) is 0 Å². The van der Waals surface area contributed by atoms with Crippen molar-refractivity contribution in [2.45, 2.75) is 32.4 Å². The summed E-state index contributed by atoms with van der Waals surface area (Å²) < 4.78 is 0. The molecule has 0 heterocycles. The summed E-state index contributed by atoms with van der Waals surface area (Å²) in [6.45, 7) is 3.48. The maximum absolute atomic E-state index is 11.7. The van der Waals surface area contributed by atoms with Gasteiger partial charge in [0.05, 0.1) is 6.04 Å². The van der Waals surface area contributed by atoms with Crippen LogP contribution in [-0.4, -0.2) is 34.9 Å². The first-order valence-corrected chi connectivity index (χ1v) is 6.41. The number of aliphatic carboxylic acids is 1. The van der Waals surface area contributed by atoms with Gasteiger partial charge in [-0.15, -0.1) is 0 Å². The normalized spacial score (nSPS) is 13.3. The molecular weight excluding hydrogens is 260 g/mol. The molecule has 20 heavy (non-hydrogen) atoms. The van der Waals surface area contributed by atoms with E-state index < -0.39 is 18.0 Å². The van der Waals surface area contributed by atoms with Crippen molar-refractivity contribution in [3.63, 3.8) is 0 Å². The molecule has 4 N–H and O–H groups in total. The molecule has 0 aliphatic carbocycles. The molecule has 1 aromatic carbocycles. The van der Waals surface area contributed by atoms with E-state index >= 15 is 0 Å². The molecule has 2 atom stereocenters. The predicted molar refractivity (Wildman–Crippen MR) is 74.4 cm³/mol. The van der Waals surface area contributed by atoms with Crippen LogP contribution in [0.3, 0.4) is 0 Å². The number of carboxylic acids is 1. The Hall–Kier alpha value is -2.08. The molecule has 0 bridgehead atoms. The van der Waals surface area contributed by atoms with Gasteiger partial charge in [-0.2, -0.15) is 0 Å². The largest absolute Gasteiger partial charge is 0.480 e. The molecule has 6 nitrogen and oxygen atoms in total. The van der Waals surface area contributed by atoms with Crippen LogP contribution in [0.25, 0.3) is 0 Å². The van der Waals surface area contributed by atoms with E-state index in [0.717, 1.165) is 11.1 Å². The second kappa shape index (κ2) is 7.49. The van der Waals surface area contributed by atoms with Gasteiger partial charge in [0.2, 0.25) is 0 Å². The molecule has 0 saturated heterocycles. The van der Waals surface area contributed by atoms with Gasteiger partial charge in [0.25, 0.3) is 0 Å². The van der Waals surface area contributed by atoms with Crippen LogP contribution in [0, 0.1) is 6.92 Å². The van der Waals surface area contributed by atoms with Gasteiger partial charge in [-0.25, -0.2) is 9.59 Å². The van der Waals surface area contributed by atoms with Crippen LogP contribution in [0.1, 0.15) is 30.5 Å². The summed E-state index contributed by atoms with van der Waals surface area (Å²) in [6.07, 6.45) is -0.0261. The molecule has 110 valence electrons. The molecule has 1 aromatic rings. The summed E-state index contributed by atoms with van der Waals surface area (Å²) in [6, 6.07) is 5.79. The number of carboxylic acid groups (broad SMARTS) is 1. The molecular formula is C14H20N2O4. The highest BCUT2D eigenvalue weighted by Gasteiger charge is 2.20. The van der Waals surface area contributed by atoms with Crippen molar-refractivity contribution in [3.8, 4) is 0 Å². The van der Waals surface area contributed by atoms with Crippen LogP contribution in [0.15, 0.2) is 24.3 Å². The van der Waals surface area contributed by atoms with Crippen LogP contribution in [-0.2, 0) is 4.79 Å². The number of carbonyl (C=O) groups is 2. The Morgan fingerprint density at radius 2 is 1.80 bits per heavy atom. The number of carbonyl (C=O) groups excluding carboxylic acids is 1. The van der Waals surface area contributed by atoms with Crippen LogP contribution in [0.5, 0.6) is 0 Å². The third kappa shape index (κ3) is 4.89. The Morgan fingerprint density at radius 3 is 2.30 bits per heavy atom. The highest BCUT2D eigenvalue weighted by molar-refractivity contribution is 5.82. The molecule has 0 aliphatic heterocycles. The minimum Gasteiger partial charge on any atom is -0.480 e. The summed E-state index contributed by atoms with van der Waals surface area (Å²) >= 11 is 0. The molecule has 0 aromatic heterocycles. The summed E-state index contributed by atoms with van der Waals surface area (Å²) in [7, 11) is 0. The minimum atomic E-state index is -1.17. The van der Waals surface area contributed by atoms with Crippen molar-refractivity contribution in [2.75, 3.05) is 6.61 Å². The summed E-state index contributed by atoms with van der Waals surface area (Å²) in [5, 5.41) is 22.6. The molecule has 0 saturated carbocycles. The SMILES string of the molecule is Cc1ccc(C(C)NC(=O)NC(CCO)C(=O)O)cc1. The lowest BCUT2D eigenvalue weighted by Crippen LogP contribution is -2.47. The summed E-state index contributed by atoms with van der Waals surface area (Å²) in [4.78, 5) is 22.6. The molecule has 2 unspecified atom stereocenters. The molecule has 0 radical (unpaired) electrons. The predicted octanol–water partition coefficient (Wildman–Crippen LogP) is 1.19. The molecule has 0 aliphatic rings. The van der Waals surface area contributed by atoms with Crippen molar-refractivity contribution < 1.29 is 19.8 Å². The van der Waals surface area contributed by atoms with Gasteiger partial charge in [0.1, 0.15) is 6.04 Å². The van der Waals surface area contributed by atoms with E-state index in [4.69, 9.17) is 10.2 Å². The monoisotopic (exact) mass is 280 g/mol. The Morgan fingerprint density at radius 1 is 1.20 bits per heavy atom. The van der Waals surface area contributed by atoms with E-state index in [1.807, 2.05) is 38.1 Å². The van der Waals surface area contributed by atoms with Gasteiger partial charge in [0, 0.05) is 13.0 Å². The number of rotatable bonds is 6. The quantitative estimate of drug-likeness (QED) is 0.629. The van der Waals surface area contributed by atoms with E-state index in [0.29, 0.717) is 0 Å². The molecule has 0 fully saturated rings. The van der Waals surface area contributed by atoms with Gasteiger partial charge in [-0.3, -0.25) is 0 Å². The number of aliphatic hydroxyl groups excluding tert-OH is 1. The van der Waals surface area contributed by atoms with Gasteiger partial charge in [-0.1, -0.05) is 29.8 Å². The lowest BCUT2D eigenvalue weighted by atomic mass is 10.1. The van der Waals surface area contributed by atoms with Crippen molar-refractivity contribution in [1.82, 2.24) is 10.6 Å². The van der Waals surface area contributed by atoms with Crippen LogP contribution < -0.4 is 10.6 Å². The number of aryl methyl sites for hydroxylation is 1. The Balaban J connectivity index is 2.56. The first-order valence-electron chi connectivity index (χ1n) is 6.41. The fourth-order valence-corrected chi connectivity index (χ4v) is 1.72. The van der Waals surface area contributed by atoms with Gasteiger partial charge in [-0.05, 0) is 19.4 Å². The first kappa shape index (κ1) is 16.0. The van der Waals surface area contributed by atoms with Crippen molar-refractivity contribution in [2.24, 2.45) is 0 Å². The van der Waals surface area contributed by atoms with Crippen LogP contribution >= 0.6 is 0 Å². The fourth-order valence-electron chi connectivity index (χ4n) is 1.72. The highest BCUT2D eigenvalue weighted by atomic mass is 16.4. The van der Waals surface area contributed by atoms with Crippen LogP contribution in [0.2, 0.25) is 0 Å². The number of amides is 2. The van der Waals surface area contributed by atoms with Crippen molar-refractivity contribution >= 4 is 12.0 Å². The fraction of sp³-hybridized carbons (Fsp3) is 0.429. The zero-order chi connectivity index (χ0) is 15.1.